The Morgan fingerprint density at radius 2 is 1.57 bits per heavy atom. The van der Waals surface area contributed by atoms with Crippen LogP contribution in [0.2, 0.25) is 0 Å². The van der Waals surface area contributed by atoms with Crippen LogP contribution in [-0.4, -0.2) is 4.98 Å². The molecule has 23 heavy (non-hydrogen) atoms. The van der Waals surface area contributed by atoms with E-state index in [0.717, 1.165) is 18.4 Å². The second-order valence-electron chi connectivity index (χ2n) is 7.02. The number of nitrogens with zero attached hydrogens (tertiary/aromatic N) is 1. The SMILES string of the molecule is CC(C)(C)CCc1[c-]nc2ccccc2c1-c1ccccc1.[Re]. The molecular formula is C21H22NRe-. The van der Waals surface area contributed by atoms with Crippen molar-refractivity contribution in [3.63, 3.8) is 0 Å². The summed E-state index contributed by atoms with van der Waals surface area (Å²) in [6.45, 7) is 6.84. The fourth-order valence-corrected chi connectivity index (χ4v) is 2.74. The first-order valence-corrected chi connectivity index (χ1v) is 7.89. The molecule has 3 rings (SSSR count). The summed E-state index contributed by atoms with van der Waals surface area (Å²) in [6, 6.07) is 19.0. The molecule has 2 aromatic carbocycles. The fraction of sp³-hybridized carbons (Fsp3) is 0.286. The van der Waals surface area contributed by atoms with E-state index in [0.29, 0.717) is 5.41 Å². The second kappa shape index (κ2) is 7.39. The first-order chi connectivity index (χ1) is 10.5. The van der Waals surface area contributed by atoms with Crippen LogP contribution in [0.15, 0.2) is 54.6 Å². The van der Waals surface area contributed by atoms with E-state index in [-0.39, 0.29) is 20.4 Å². The van der Waals surface area contributed by atoms with Gasteiger partial charge in [-0.2, -0.15) is 0 Å². The van der Waals surface area contributed by atoms with Crippen LogP contribution in [0.4, 0.5) is 0 Å². The van der Waals surface area contributed by atoms with E-state index in [1.54, 1.807) is 0 Å². The number of hydrogen-bond acceptors (Lipinski definition) is 1. The van der Waals surface area contributed by atoms with Crippen molar-refractivity contribution in [3.05, 3.63) is 66.4 Å². The Morgan fingerprint density at radius 3 is 2.26 bits per heavy atom. The van der Waals surface area contributed by atoms with E-state index in [2.05, 4.69) is 80.5 Å². The second-order valence-corrected chi connectivity index (χ2v) is 7.02. The van der Waals surface area contributed by atoms with Crippen molar-refractivity contribution in [2.24, 2.45) is 5.41 Å². The molecule has 2 heteroatoms. The van der Waals surface area contributed by atoms with Gasteiger partial charge in [0.25, 0.3) is 0 Å². The van der Waals surface area contributed by atoms with Gasteiger partial charge in [-0.25, -0.2) is 0 Å². The summed E-state index contributed by atoms with van der Waals surface area (Å²) in [5.74, 6) is 0. The van der Waals surface area contributed by atoms with Gasteiger partial charge >= 0.3 is 0 Å². The molecule has 0 bridgehead atoms. The predicted molar refractivity (Wildman–Crippen MR) is 93.8 cm³/mol. The maximum absolute atomic E-state index is 4.54. The van der Waals surface area contributed by atoms with E-state index in [1.807, 2.05) is 6.07 Å². The van der Waals surface area contributed by atoms with Crippen LogP contribution in [0.1, 0.15) is 32.8 Å². The van der Waals surface area contributed by atoms with Crippen LogP contribution < -0.4 is 0 Å². The third kappa shape index (κ3) is 4.28. The Hall–Kier alpha value is -1.49. The van der Waals surface area contributed by atoms with Crippen molar-refractivity contribution in [2.75, 3.05) is 0 Å². The zero-order valence-electron chi connectivity index (χ0n) is 13.9. The fourth-order valence-electron chi connectivity index (χ4n) is 2.74. The summed E-state index contributed by atoms with van der Waals surface area (Å²) in [5, 5.41) is 1.22. The van der Waals surface area contributed by atoms with Crippen LogP contribution >= 0.6 is 0 Å². The van der Waals surface area contributed by atoms with Gasteiger partial charge in [-0.05, 0) is 23.8 Å². The number of aryl methyl sites for hydroxylation is 1. The molecule has 1 heterocycles. The van der Waals surface area contributed by atoms with Gasteiger partial charge < -0.3 is 4.98 Å². The molecule has 0 unspecified atom stereocenters. The van der Waals surface area contributed by atoms with Gasteiger partial charge in [-0.1, -0.05) is 87.1 Å². The smallest absolute Gasteiger partial charge is 0 e. The Kier molecular flexibility index (Phi) is 5.74. The Labute approximate surface area is 152 Å². The Morgan fingerprint density at radius 1 is 0.913 bits per heavy atom. The average molecular weight is 475 g/mol. The minimum absolute atomic E-state index is 0. The number of aromatic nitrogens is 1. The molecule has 1 radical (unpaired) electrons. The Balaban J connectivity index is 0.00000192. The maximum Gasteiger partial charge on any atom is 0 e. The van der Waals surface area contributed by atoms with Crippen LogP contribution in [0.3, 0.4) is 0 Å². The molecule has 1 aromatic heterocycles. The average Bonchev–Trinajstić information content (AvgIpc) is 2.52. The van der Waals surface area contributed by atoms with Crippen molar-refractivity contribution in [1.29, 1.82) is 0 Å². The van der Waals surface area contributed by atoms with Gasteiger partial charge in [0, 0.05) is 20.4 Å². The zero-order chi connectivity index (χ0) is 15.6. The number of hydrogen-bond donors (Lipinski definition) is 0. The number of pyridine rings is 1. The monoisotopic (exact) mass is 475 g/mol. The number of fused-ring (bicyclic) bond motifs is 1. The van der Waals surface area contributed by atoms with Gasteiger partial charge in [0.05, 0.1) is 0 Å². The van der Waals surface area contributed by atoms with Crippen molar-refractivity contribution in [2.45, 2.75) is 33.6 Å². The summed E-state index contributed by atoms with van der Waals surface area (Å²) in [7, 11) is 0. The summed E-state index contributed by atoms with van der Waals surface area (Å²) in [6.07, 6.45) is 5.43. The molecule has 0 saturated heterocycles. The molecule has 0 spiro atoms. The molecule has 0 aliphatic heterocycles. The minimum Gasteiger partial charge on any atom is -0.386 e. The topological polar surface area (TPSA) is 12.9 Å². The summed E-state index contributed by atoms with van der Waals surface area (Å²) in [4.78, 5) is 4.54. The van der Waals surface area contributed by atoms with Crippen LogP contribution in [0.5, 0.6) is 0 Å². The first-order valence-electron chi connectivity index (χ1n) is 7.89. The van der Waals surface area contributed by atoms with E-state index < -0.39 is 0 Å². The minimum atomic E-state index is 0. The van der Waals surface area contributed by atoms with Crippen molar-refractivity contribution < 1.29 is 20.4 Å². The van der Waals surface area contributed by atoms with E-state index >= 15 is 0 Å². The molecule has 0 N–H and O–H groups in total. The van der Waals surface area contributed by atoms with Crippen molar-refractivity contribution >= 4 is 10.9 Å². The number of rotatable bonds is 3. The summed E-state index contributed by atoms with van der Waals surface area (Å²) >= 11 is 0. The van der Waals surface area contributed by atoms with Gasteiger partial charge in [0.15, 0.2) is 0 Å². The Bertz CT molecular complexity index is 773. The summed E-state index contributed by atoms with van der Waals surface area (Å²) < 4.78 is 0. The van der Waals surface area contributed by atoms with Crippen molar-refractivity contribution in [1.82, 2.24) is 4.98 Å². The normalized spacial score (nSPS) is 11.3. The van der Waals surface area contributed by atoms with Crippen LogP contribution in [-0.2, 0) is 26.8 Å². The first kappa shape index (κ1) is 17.9. The summed E-state index contributed by atoms with van der Waals surface area (Å²) in [5.41, 5.74) is 5.09. The van der Waals surface area contributed by atoms with Gasteiger partial charge in [0.1, 0.15) is 0 Å². The molecule has 1 nitrogen and oxygen atoms in total. The molecule has 0 saturated carbocycles. The molecule has 0 fully saturated rings. The van der Waals surface area contributed by atoms with Gasteiger partial charge in [0.2, 0.25) is 0 Å². The van der Waals surface area contributed by atoms with Crippen LogP contribution in [0.25, 0.3) is 22.0 Å². The van der Waals surface area contributed by atoms with E-state index in [1.165, 1.54) is 22.1 Å². The van der Waals surface area contributed by atoms with E-state index in [4.69, 9.17) is 0 Å². The van der Waals surface area contributed by atoms with Gasteiger partial charge in [-0.3, -0.25) is 0 Å². The van der Waals surface area contributed by atoms with Gasteiger partial charge in [-0.15, -0.1) is 16.5 Å². The zero-order valence-corrected chi connectivity index (χ0v) is 16.7. The van der Waals surface area contributed by atoms with E-state index in [9.17, 15) is 0 Å². The number of para-hydroxylation sites is 1. The van der Waals surface area contributed by atoms with Crippen molar-refractivity contribution in [3.8, 4) is 11.1 Å². The standard InChI is InChI=1S/C21H22N.Re/c1-21(2,3)14-13-17-15-22-19-12-8-7-11-18(19)20(17)16-9-5-4-6-10-16;/h4-12H,13-14H2,1-3H3;/q-1;. The quantitative estimate of drug-likeness (QED) is 0.445. The predicted octanol–water partition coefficient (Wildman–Crippen LogP) is 5.68. The number of benzene rings is 2. The third-order valence-corrected chi connectivity index (χ3v) is 3.97. The largest absolute Gasteiger partial charge is 0.386 e. The van der Waals surface area contributed by atoms with Crippen LogP contribution in [0, 0.1) is 11.6 Å². The maximum atomic E-state index is 4.54. The molecule has 0 aliphatic carbocycles. The molecule has 119 valence electrons. The molecular weight excluding hydrogens is 452 g/mol. The molecule has 0 aliphatic rings. The molecule has 3 aromatic rings. The molecule has 0 atom stereocenters. The molecule has 0 amide bonds. The third-order valence-electron chi connectivity index (χ3n) is 3.97.